The summed E-state index contributed by atoms with van der Waals surface area (Å²) in [4.78, 5) is 11.2. The van der Waals surface area contributed by atoms with Crippen molar-refractivity contribution in [1.29, 1.82) is 0 Å². The first-order valence-electron chi connectivity index (χ1n) is 7.44. The molecule has 0 unspecified atom stereocenters. The molecule has 2 atom stereocenters. The molecule has 0 spiro atoms. The summed E-state index contributed by atoms with van der Waals surface area (Å²) < 4.78 is 18.1. The molecule has 0 bridgehead atoms. The van der Waals surface area contributed by atoms with Crippen LogP contribution in [0.1, 0.15) is 6.92 Å². The van der Waals surface area contributed by atoms with Gasteiger partial charge in [0.2, 0.25) is 0 Å². The lowest BCUT2D eigenvalue weighted by Crippen LogP contribution is -2.40. The molecule has 1 amide bonds. The molecule has 1 aliphatic rings. The number of amides is 1. The molecule has 9 heteroatoms. The van der Waals surface area contributed by atoms with Crippen LogP contribution < -0.4 is 20.5 Å². The third-order valence-electron chi connectivity index (χ3n) is 3.55. The van der Waals surface area contributed by atoms with E-state index in [4.69, 9.17) is 15.2 Å². The third-order valence-corrected chi connectivity index (χ3v) is 3.55. The average Bonchev–Trinajstić information content (AvgIpc) is 2.95. The van der Waals surface area contributed by atoms with Crippen molar-refractivity contribution in [2.24, 2.45) is 5.73 Å². The highest BCUT2D eigenvalue weighted by molar-refractivity contribution is 5.87. The van der Waals surface area contributed by atoms with Gasteiger partial charge in [-0.1, -0.05) is 0 Å². The fourth-order valence-electron chi connectivity index (χ4n) is 2.52. The van der Waals surface area contributed by atoms with Gasteiger partial charge in [0.1, 0.15) is 12.1 Å². The fraction of sp³-hybridized carbons (Fsp3) is 0.467. The molecule has 2 heterocycles. The van der Waals surface area contributed by atoms with Gasteiger partial charge in [0.05, 0.1) is 26.4 Å². The van der Waals surface area contributed by atoms with Gasteiger partial charge in [-0.2, -0.15) is 5.10 Å². The Kier molecular flexibility index (Phi) is 5.74. The van der Waals surface area contributed by atoms with Crippen LogP contribution in [0.15, 0.2) is 18.3 Å². The van der Waals surface area contributed by atoms with E-state index in [0.717, 1.165) is 10.9 Å². The topological polar surface area (TPSA) is 101 Å². The lowest BCUT2D eigenvalue weighted by Gasteiger charge is -2.27. The van der Waals surface area contributed by atoms with Gasteiger partial charge in [0, 0.05) is 11.4 Å². The molecule has 2 aromatic rings. The number of nitrogens with zero attached hydrogens (tertiary/aromatic N) is 2. The number of hydrogen-bond donors (Lipinski definition) is 2. The zero-order valence-corrected chi connectivity index (χ0v) is 14.3. The Hall–Kier alpha value is -2.19. The van der Waals surface area contributed by atoms with Crippen molar-refractivity contribution in [2.75, 3.05) is 20.3 Å². The molecule has 1 aliphatic heterocycles. The molecule has 3 rings (SSSR count). The molecule has 0 fully saturated rings. The highest BCUT2D eigenvalue weighted by Crippen LogP contribution is 2.38. The van der Waals surface area contributed by atoms with Crippen LogP contribution in [0.3, 0.4) is 0 Å². The van der Waals surface area contributed by atoms with E-state index in [1.807, 2.05) is 23.7 Å². The third kappa shape index (κ3) is 3.65. The van der Waals surface area contributed by atoms with E-state index in [9.17, 15) is 4.79 Å². The molecular formula is C15H21ClN4O4. The predicted octanol–water partition coefficient (Wildman–Crippen LogP) is 1.30. The highest BCUT2D eigenvalue weighted by atomic mass is 35.5. The standard InChI is InChI=1S/C15H20N4O4.ClH/c1-9(16)7-19-13-10(5-18-19)3-4-12-14(13)23-11(8-22-12)6-17-15(20)21-2;/h3-5,9,11H,6-8,16H2,1-2H3,(H,17,20);1H/t9-,11-;/m0./s1. The smallest absolute Gasteiger partial charge is 0.406 e. The maximum Gasteiger partial charge on any atom is 0.406 e. The van der Waals surface area contributed by atoms with Gasteiger partial charge in [-0.15, -0.1) is 12.4 Å². The number of benzene rings is 1. The number of fused-ring (bicyclic) bond motifs is 3. The second-order valence-electron chi connectivity index (χ2n) is 5.56. The minimum absolute atomic E-state index is 0. The Morgan fingerprint density at radius 2 is 2.38 bits per heavy atom. The number of rotatable bonds is 4. The molecule has 0 aliphatic carbocycles. The highest BCUT2D eigenvalue weighted by Gasteiger charge is 2.25. The molecule has 1 aromatic carbocycles. The summed E-state index contributed by atoms with van der Waals surface area (Å²) in [5.74, 6) is 1.29. The second kappa shape index (κ2) is 7.59. The first-order valence-corrected chi connectivity index (χ1v) is 7.44. The SMILES string of the molecule is COC(=O)NC[C@H]1COc2ccc3cnn(C[C@H](C)N)c3c2O1.Cl. The number of alkyl carbamates (subject to hydrolysis) is 1. The molecule has 0 saturated heterocycles. The largest absolute Gasteiger partial charge is 0.486 e. The van der Waals surface area contributed by atoms with Crippen LogP contribution >= 0.6 is 12.4 Å². The Bertz CT molecular complexity index is 719. The summed E-state index contributed by atoms with van der Waals surface area (Å²) in [6, 6.07) is 3.77. The molecule has 0 saturated carbocycles. The number of nitrogens with one attached hydrogen (secondary N) is 1. The van der Waals surface area contributed by atoms with Crippen molar-refractivity contribution in [3.63, 3.8) is 0 Å². The monoisotopic (exact) mass is 356 g/mol. The number of ether oxygens (including phenoxy) is 3. The van der Waals surface area contributed by atoms with E-state index in [1.54, 1.807) is 6.20 Å². The fourth-order valence-corrected chi connectivity index (χ4v) is 2.52. The van der Waals surface area contributed by atoms with Gasteiger partial charge < -0.3 is 25.3 Å². The van der Waals surface area contributed by atoms with E-state index in [0.29, 0.717) is 31.2 Å². The van der Waals surface area contributed by atoms with Crippen molar-refractivity contribution < 1.29 is 19.0 Å². The van der Waals surface area contributed by atoms with E-state index in [1.165, 1.54) is 7.11 Å². The van der Waals surface area contributed by atoms with E-state index in [2.05, 4.69) is 15.2 Å². The van der Waals surface area contributed by atoms with Crippen molar-refractivity contribution in [3.8, 4) is 11.5 Å². The van der Waals surface area contributed by atoms with Crippen LogP contribution in [0.2, 0.25) is 0 Å². The predicted molar refractivity (Wildman–Crippen MR) is 90.9 cm³/mol. The van der Waals surface area contributed by atoms with Crippen LogP contribution in [0, 0.1) is 0 Å². The van der Waals surface area contributed by atoms with Gasteiger partial charge in [-0.3, -0.25) is 4.68 Å². The number of carbonyl (C=O) groups is 1. The summed E-state index contributed by atoms with van der Waals surface area (Å²) in [7, 11) is 1.32. The normalized spacial score (nSPS) is 17.0. The number of halogens is 1. The minimum Gasteiger partial charge on any atom is -0.486 e. The number of aromatic nitrogens is 2. The van der Waals surface area contributed by atoms with Crippen LogP contribution in [0.5, 0.6) is 11.5 Å². The Morgan fingerprint density at radius 1 is 1.58 bits per heavy atom. The number of hydrogen-bond acceptors (Lipinski definition) is 6. The summed E-state index contributed by atoms with van der Waals surface area (Å²) in [5, 5.41) is 7.93. The molecular weight excluding hydrogens is 336 g/mol. The Morgan fingerprint density at radius 3 is 3.08 bits per heavy atom. The second-order valence-corrected chi connectivity index (χ2v) is 5.56. The molecule has 24 heavy (non-hydrogen) atoms. The Labute approximate surface area is 145 Å². The first-order chi connectivity index (χ1) is 11.1. The zero-order valence-electron chi connectivity index (χ0n) is 13.5. The summed E-state index contributed by atoms with van der Waals surface area (Å²) >= 11 is 0. The maximum absolute atomic E-state index is 11.2. The molecule has 3 N–H and O–H groups in total. The number of nitrogens with two attached hydrogens (primary N) is 1. The molecule has 0 radical (unpaired) electrons. The van der Waals surface area contributed by atoms with Gasteiger partial charge in [-0.05, 0) is 19.1 Å². The van der Waals surface area contributed by atoms with Gasteiger partial charge in [0.25, 0.3) is 0 Å². The quantitative estimate of drug-likeness (QED) is 0.856. The average molecular weight is 357 g/mol. The first kappa shape index (κ1) is 18.2. The summed E-state index contributed by atoms with van der Waals surface area (Å²) in [6.45, 7) is 3.14. The molecule has 132 valence electrons. The van der Waals surface area contributed by atoms with E-state index in [-0.39, 0.29) is 24.6 Å². The Balaban J connectivity index is 0.00000208. The van der Waals surface area contributed by atoms with Crippen LogP contribution in [-0.4, -0.2) is 48.3 Å². The molecule has 8 nitrogen and oxygen atoms in total. The van der Waals surface area contributed by atoms with Crippen molar-refractivity contribution in [3.05, 3.63) is 18.3 Å². The van der Waals surface area contributed by atoms with E-state index < -0.39 is 6.09 Å². The maximum atomic E-state index is 11.2. The minimum atomic E-state index is -0.500. The lowest BCUT2D eigenvalue weighted by atomic mass is 10.2. The number of methoxy groups -OCH3 is 1. The van der Waals surface area contributed by atoms with Crippen LogP contribution in [0.4, 0.5) is 4.79 Å². The van der Waals surface area contributed by atoms with Gasteiger partial charge >= 0.3 is 6.09 Å². The van der Waals surface area contributed by atoms with Gasteiger partial charge in [0.15, 0.2) is 17.6 Å². The van der Waals surface area contributed by atoms with Gasteiger partial charge in [-0.25, -0.2) is 4.79 Å². The van der Waals surface area contributed by atoms with Crippen LogP contribution in [-0.2, 0) is 11.3 Å². The molecule has 1 aromatic heterocycles. The lowest BCUT2D eigenvalue weighted by molar-refractivity contribution is 0.0893. The summed E-state index contributed by atoms with van der Waals surface area (Å²) in [5.41, 5.74) is 6.73. The van der Waals surface area contributed by atoms with Crippen molar-refractivity contribution >= 4 is 29.4 Å². The van der Waals surface area contributed by atoms with Crippen molar-refractivity contribution in [2.45, 2.75) is 25.6 Å². The van der Waals surface area contributed by atoms with Crippen LogP contribution in [0.25, 0.3) is 10.9 Å². The van der Waals surface area contributed by atoms with E-state index >= 15 is 0 Å². The summed E-state index contributed by atoms with van der Waals surface area (Å²) in [6.07, 6.45) is 0.975. The van der Waals surface area contributed by atoms with Crippen molar-refractivity contribution in [1.82, 2.24) is 15.1 Å². The number of carbonyl (C=O) groups excluding carboxylic acids is 1. The zero-order chi connectivity index (χ0) is 16.4.